The fourth-order valence-corrected chi connectivity index (χ4v) is 2.75. The second-order valence-electron chi connectivity index (χ2n) is 5.85. The molecular weight excluding hydrogens is 322 g/mol. The Kier molecular flexibility index (Phi) is 4.31. The molecular formula is C18H19N3O4. The standard InChI is InChI=1S/C18H19N3O4/c1-10-4-5-12-17(11(10)2)20-14(7-9-16(22)23)21(12)15-8-6-13(25-15)18(24)19-3/h4-6,8H,7,9H2,1-3H3,(H,19,24)(H,22,23). The average Bonchev–Trinajstić information content (AvgIpc) is 3.20. The van der Waals surface area contributed by atoms with Crippen LogP contribution < -0.4 is 5.32 Å². The van der Waals surface area contributed by atoms with Crippen LogP contribution in [0, 0.1) is 13.8 Å². The lowest BCUT2D eigenvalue weighted by Crippen LogP contribution is -2.16. The van der Waals surface area contributed by atoms with Crippen LogP contribution in [0.5, 0.6) is 0 Å². The van der Waals surface area contributed by atoms with E-state index in [4.69, 9.17) is 9.52 Å². The number of aromatic nitrogens is 2. The number of furan rings is 1. The molecule has 0 fully saturated rings. The zero-order valence-electron chi connectivity index (χ0n) is 14.3. The molecule has 0 spiro atoms. The molecule has 3 aromatic rings. The number of rotatable bonds is 5. The molecule has 7 heteroatoms. The molecule has 0 saturated heterocycles. The molecule has 0 radical (unpaired) electrons. The number of amides is 1. The fraction of sp³-hybridized carbons (Fsp3) is 0.278. The number of hydrogen-bond acceptors (Lipinski definition) is 4. The summed E-state index contributed by atoms with van der Waals surface area (Å²) in [6, 6.07) is 7.18. The van der Waals surface area contributed by atoms with Crippen LogP contribution in [-0.2, 0) is 11.2 Å². The average molecular weight is 341 g/mol. The van der Waals surface area contributed by atoms with Gasteiger partial charge < -0.3 is 14.8 Å². The Morgan fingerprint density at radius 2 is 2.00 bits per heavy atom. The highest BCUT2D eigenvalue weighted by Gasteiger charge is 2.19. The highest BCUT2D eigenvalue weighted by molar-refractivity contribution is 5.91. The minimum absolute atomic E-state index is 0.0373. The fourth-order valence-electron chi connectivity index (χ4n) is 2.75. The van der Waals surface area contributed by atoms with Crippen molar-refractivity contribution in [1.29, 1.82) is 0 Å². The van der Waals surface area contributed by atoms with Crippen LogP contribution in [-0.4, -0.2) is 33.6 Å². The quantitative estimate of drug-likeness (QED) is 0.743. The summed E-state index contributed by atoms with van der Waals surface area (Å²) in [4.78, 5) is 27.4. The molecule has 130 valence electrons. The summed E-state index contributed by atoms with van der Waals surface area (Å²) in [6.07, 6.45) is 0.225. The van der Waals surface area contributed by atoms with E-state index in [1.807, 2.05) is 26.0 Å². The Labute approximate surface area is 144 Å². The number of nitrogens with zero attached hydrogens (tertiary/aromatic N) is 2. The van der Waals surface area contributed by atoms with E-state index in [1.165, 1.54) is 7.05 Å². The van der Waals surface area contributed by atoms with Gasteiger partial charge in [0.25, 0.3) is 5.91 Å². The van der Waals surface area contributed by atoms with Crippen LogP contribution in [0.15, 0.2) is 28.7 Å². The lowest BCUT2D eigenvalue weighted by atomic mass is 10.1. The Bertz CT molecular complexity index is 968. The molecule has 0 saturated carbocycles. The molecule has 0 bridgehead atoms. The van der Waals surface area contributed by atoms with Gasteiger partial charge in [-0.15, -0.1) is 0 Å². The minimum Gasteiger partial charge on any atom is -0.481 e. The van der Waals surface area contributed by atoms with Crippen molar-refractivity contribution >= 4 is 22.9 Å². The smallest absolute Gasteiger partial charge is 0.303 e. The molecule has 0 aliphatic rings. The molecule has 25 heavy (non-hydrogen) atoms. The zero-order valence-corrected chi connectivity index (χ0v) is 14.3. The van der Waals surface area contributed by atoms with E-state index in [0.29, 0.717) is 11.7 Å². The number of hydrogen-bond donors (Lipinski definition) is 2. The van der Waals surface area contributed by atoms with Crippen molar-refractivity contribution in [3.8, 4) is 5.88 Å². The highest BCUT2D eigenvalue weighted by Crippen LogP contribution is 2.27. The van der Waals surface area contributed by atoms with Crippen molar-refractivity contribution in [3.05, 3.63) is 47.0 Å². The predicted octanol–water partition coefficient (Wildman–Crippen LogP) is 2.61. The largest absolute Gasteiger partial charge is 0.481 e. The molecule has 0 aliphatic heterocycles. The van der Waals surface area contributed by atoms with E-state index < -0.39 is 5.97 Å². The summed E-state index contributed by atoms with van der Waals surface area (Å²) in [5.74, 6) is -0.00666. The van der Waals surface area contributed by atoms with E-state index in [0.717, 1.165) is 22.2 Å². The van der Waals surface area contributed by atoms with E-state index in [1.54, 1.807) is 16.7 Å². The van der Waals surface area contributed by atoms with Crippen molar-refractivity contribution in [3.63, 3.8) is 0 Å². The lowest BCUT2D eigenvalue weighted by Gasteiger charge is -2.06. The number of benzene rings is 1. The number of nitrogens with one attached hydrogen (secondary N) is 1. The van der Waals surface area contributed by atoms with E-state index in [9.17, 15) is 9.59 Å². The predicted molar refractivity (Wildman–Crippen MR) is 92.2 cm³/mol. The summed E-state index contributed by atoms with van der Waals surface area (Å²) in [5.41, 5.74) is 3.76. The Balaban J connectivity index is 2.18. The van der Waals surface area contributed by atoms with Gasteiger partial charge in [0.2, 0.25) is 5.88 Å². The van der Waals surface area contributed by atoms with E-state index in [2.05, 4.69) is 10.3 Å². The third-order valence-corrected chi connectivity index (χ3v) is 4.25. The van der Waals surface area contributed by atoms with Crippen LogP contribution >= 0.6 is 0 Å². The summed E-state index contributed by atoms with van der Waals surface area (Å²) in [5, 5.41) is 11.5. The Hall–Kier alpha value is -3.09. The highest BCUT2D eigenvalue weighted by atomic mass is 16.4. The van der Waals surface area contributed by atoms with Gasteiger partial charge in [0.05, 0.1) is 17.5 Å². The van der Waals surface area contributed by atoms with Gasteiger partial charge in [-0.05, 0) is 37.1 Å². The molecule has 0 aliphatic carbocycles. The number of carboxylic acid groups (broad SMARTS) is 1. The Morgan fingerprint density at radius 3 is 2.68 bits per heavy atom. The van der Waals surface area contributed by atoms with E-state index >= 15 is 0 Å². The van der Waals surface area contributed by atoms with Crippen molar-refractivity contribution in [2.75, 3.05) is 7.05 Å². The van der Waals surface area contributed by atoms with Gasteiger partial charge in [-0.25, -0.2) is 4.98 Å². The second kappa shape index (κ2) is 6.43. The van der Waals surface area contributed by atoms with Gasteiger partial charge in [0.15, 0.2) is 5.76 Å². The van der Waals surface area contributed by atoms with E-state index in [-0.39, 0.29) is 24.5 Å². The molecule has 2 heterocycles. The van der Waals surface area contributed by atoms with Crippen LogP contribution in [0.4, 0.5) is 0 Å². The van der Waals surface area contributed by atoms with Crippen molar-refractivity contribution in [2.45, 2.75) is 26.7 Å². The first-order valence-corrected chi connectivity index (χ1v) is 7.94. The zero-order chi connectivity index (χ0) is 18.1. The third kappa shape index (κ3) is 3.00. The van der Waals surface area contributed by atoms with Crippen molar-refractivity contribution in [2.24, 2.45) is 0 Å². The summed E-state index contributed by atoms with van der Waals surface area (Å²) >= 11 is 0. The molecule has 0 unspecified atom stereocenters. The van der Waals surface area contributed by atoms with Crippen LogP contribution in [0.25, 0.3) is 16.9 Å². The molecule has 2 N–H and O–H groups in total. The van der Waals surface area contributed by atoms with Crippen LogP contribution in [0.3, 0.4) is 0 Å². The number of carbonyl (C=O) groups is 2. The number of aryl methyl sites for hydroxylation is 3. The summed E-state index contributed by atoms with van der Waals surface area (Å²) in [6.45, 7) is 3.98. The number of carboxylic acids is 1. The molecule has 7 nitrogen and oxygen atoms in total. The minimum atomic E-state index is -0.892. The first-order valence-electron chi connectivity index (χ1n) is 7.94. The summed E-state index contributed by atoms with van der Waals surface area (Å²) in [7, 11) is 1.53. The number of fused-ring (bicyclic) bond motifs is 1. The number of imidazole rings is 1. The van der Waals surface area contributed by atoms with Gasteiger partial charge in [0.1, 0.15) is 5.82 Å². The van der Waals surface area contributed by atoms with Gasteiger partial charge in [0, 0.05) is 19.5 Å². The molecule has 0 atom stereocenters. The van der Waals surface area contributed by atoms with Gasteiger partial charge in [-0.1, -0.05) is 6.07 Å². The van der Waals surface area contributed by atoms with Gasteiger partial charge in [-0.2, -0.15) is 0 Å². The third-order valence-electron chi connectivity index (χ3n) is 4.25. The maximum absolute atomic E-state index is 11.8. The van der Waals surface area contributed by atoms with Crippen LogP contribution in [0.2, 0.25) is 0 Å². The molecule has 3 rings (SSSR count). The molecule has 2 aromatic heterocycles. The Morgan fingerprint density at radius 1 is 1.24 bits per heavy atom. The number of aliphatic carboxylic acids is 1. The van der Waals surface area contributed by atoms with Crippen LogP contribution in [0.1, 0.15) is 33.9 Å². The monoisotopic (exact) mass is 341 g/mol. The molecule has 1 aromatic carbocycles. The second-order valence-corrected chi connectivity index (χ2v) is 5.85. The normalized spacial score (nSPS) is 11.0. The SMILES string of the molecule is CNC(=O)c1ccc(-n2c(CCC(=O)O)nc3c(C)c(C)ccc32)o1. The van der Waals surface area contributed by atoms with Gasteiger partial charge >= 0.3 is 5.97 Å². The maximum Gasteiger partial charge on any atom is 0.303 e. The number of carbonyl (C=O) groups excluding carboxylic acids is 1. The lowest BCUT2D eigenvalue weighted by molar-refractivity contribution is -0.137. The van der Waals surface area contributed by atoms with Crippen molar-refractivity contribution in [1.82, 2.24) is 14.9 Å². The van der Waals surface area contributed by atoms with Gasteiger partial charge in [-0.3, -0.25) is 14.2 Å². The molecule has 1 amide bonds. The summed E-state index contributed by atoms with van der Waals surface area (Å²) < 4.78 is 7.44. The topological polar surface area (TPSA) is 97.4 Å². The maximum atomic E-state index is 11.8. The first-order chi connectivity index (χ1) is 11.9. The first kappa shape index (κ1) is 16.8. The van der Waals surface area contributed by atoms with Crippen molar-refractivity contribution < 1.29 is 19.1 Å².